The number of benzene rings is 1. The van der Waals surface area contributed by atoms with Gasteiger partial charge in [0.25, 0.3) is 5.56 Å². The van der Waals surface area contributed by atoms with E-state index in [4.69, 9.17) is 4.74 Å². The summed E-state index contributed by atoms with van der Waals surface area (Å²) in [6.45, 7) is 0.523. The van der Waals surface area contributed by atoms with Gasteiger partial charge in [0.1, 0.15) is 12.4 Å². The first kappa shape index (κ1) is 14.5. The predicted molar refractivity (Wildman–Crippen MR) is 78.9 cm³/mol. The molecule has 1 aliphatic rings. The van der Waals surface area contributed by atoms with Gasteiger partial charge in [0.15, 0.2) is 0 Å². The van der Waals surface area contributed by atoms with E-state index in [2.05, 4.69) is 0 Å². The molecule has 1 heterocycles. The van der Waals surface area contributed by atoms with E-state index in [0.717, 1.165) is 12.0 Å². The second-order valence-electron chi connectivity index (χ2n) is 5.40. The molecule has 1 aromatic heterocycles. The Balaban J connectivity index is 1.49. The molecule has 0 radical (unpaired) electrons. The quantitative estimate of drug-likeness (QED) is 0.796. The lowest BCUT2D eigenvalue weighted by molar-refractivity contribution is -0.145. The molecule has 114 valence electrons. The molecule has 22 heavy (non-hydrogen) atoms. The summed E-state index contributed by atoms with van der Waals surface area (Å²) in [5, 5.41) is 0. The van der Waals surface area contributed by atoms with Crippen molar-refractivity contribution in [3.05, 3.63) is 70.4 Å². The van der Waals surface area contributed by atoms with Crippen molar-refractivity contribution in [1.29, 1.82) is 0 Å². The molecule has 2 aromatic rings. The van der Waals surface area contributed by atoms with Crippen LogP contribution < -0.4 is 5.56 Å². The van der Waals surface area contributed by atoms with E-state index in [1.807, 2.05) is 0 Å². The van der Waals surface area contributed by atoms with Crippen molar-refractivity contribution in [3.8, 4) is 0 Å². The van der Waals surface area contributed by atoms with Gasteiger partial charge in [0.2, 0.25) is 0 Å². The van der Waals surface area contributed by atoms with Crippen molar-refractivity contribution in [2.45, 2.75) is 18.9 Å². The maximum atomic E-state index is 12.9. The third-order valence-corrected chi connectivity index (χ3v) is 3.87. The lowest BCUT2D eigenvalue weighted by atomic mass is 10.1. The van der Waals surface area contributed by atoms with Gasteiger partial charge in [-0.2, -0.15) is 0 Å². The Kier molecular flexibility index (Phi) is 4.04. The zero-order valence-electron chi connectivity index (χ0n) is 11.9. The molecule has 1 fully saturated rings. The highest BCUT2D eigenvalue weighted by atomic mass is 19.1. The van der Waals surface area contributed by atoms with Gasteiger partial charge >= 0.3 is 5.97 Å². The van der Waals surface area contributed by atoms with Crippen LogP contribution in [-0.2, 0) is 16.1 Å². The molecule has 0 bridgehead atoms. The summed E-state index contributed by atoms with van der Waals surface area (Å²) >= 11 is 0. The number of rotatable bonds is 5. The van der Waals surface area contributed by atoms with E-state index in [1.54, 1.807) is 30.5 Å². The van der Waals surface area contributed by atoms with Crippen LogP contribution in [0.1, 0.15) is 17.9 Å². The van der Waals surface area contributed by atoms with Gasteiger partial charge in [-0.1, -0.05) is 18.2 Å². The summed E-state index contributed by atoms with van der Waals surface area (Å²) in [7, 11) is 0. The molecule has 2 atom stereocenters. The van der Waals surface area contributed by atoms with Crippen LogP contribution in [0.2, 0.25) is 0 Å². The van der Waals surface area contributed by atoms with Crippen molar-refractivity contribution >= 4 is 5.97 Å². The molecule has 1 aliphatic carbocycles. The Bertz CT molecular complexity index is 723. The van der Waals surface area contributed by atoms with Crippen LogP contribution >= 0.6 is 0 Å². The number of nitrogens with zero attached hydrogens (tertiary/aromatic N) is 1. The molecule has 4 nitrogen and oxygen atoms in total. The van der Waals surface area contributed by atoms with Gasteiger partial charge in [-0.3, -0.25) is 9.59 Å². The minimum absolute atomic E-state index is 0.117. The van der Waals surface area contributed by atoms with Gasteiger partial charge < -0.3 is 9.30 Å². The SMILES string of the molecule is O=C(OCCn1ccccc1=O)C1CC1c1ccc(F)cc1. The number of hydrogen-bond acceptors (Lipinski definition) is 3. The number of carbonyl (C=O) groups is 1. The molecule has 0 N–H and O–H groups in total. The third-order valence-electron chi connectivity index (χ3n) is 3.87. The van der Waals surface area contributed by atoms with Crippen LogP contribution in [-0.4, -0.2) is 17.1 Å². The second kappa shape index (κ2) is 6.13. The highest BCUT2D eigenvalue weighted by Gasteiger charge is 2.45. The molecular formula is C17H16FNO3. The summed E-state index contributed by atoms with van der Waals surface area (Å²) in [4.78, 5) is 23.4. The van der Waals surface area contributed by atoms with Crippen LogP contribution in [0.15, 0.2) is 53.5 Å². The Morgan fingerprint density at radius 1 is 1.23 bits per heavy atom. The maximum Gasteiger partial charge on any atom is 0.309 e. The number of carbonyl (C=O) groups excluding carboxylic acids is 1. The highest BCUT2D eigenvalue weighted by molar-refractivity contribution is 5.77. The summed E-state index contributed by atoms with van der Waals surface area (Å²) in [5.74, 6) is -0.569. The van der Waals surface area contributed by atoms with Crippen molar-refractivity contribution in [3.63, 3.8) is 0 Å². The molecule has 0 amide bonds. The van der Waals surface area contributed by atoms with E-state index < -0.39 is 0 Å². The number of hydrogen-bond donors (Lipinski definition) is 0. The smallest absolute Gasteiger partial charge is 0.309 e. The second-order valence-corrected chi connectivity index (χ2v) is 5.40. The van der Waals surface area contributed by atoms with Crippen LogP contribution in [0.3, 0.4) is 0 Å². The summed E-state index contributed by atoms with van der Waals surface area (Å²) < 4.78 is 19.6. The fourth-order valence-electron chi connectivity index (χ4n) is 2.53. The van der Waals surface area contributed by atoms with E-state index >= 15 is 0 Å². The van der Waals surface area contributed by atoms with Crippen molar-refractivity contribution in [1.82, 2.24) is 4.57 Å². The van der Waals surface area contributed by atoms with Gasteiger partial charge in [0, 0.05) is 12.3 Å². The lowest BCUT2D eigenvalue weighted by Gasteiger charge is -2.06. The molecule has 0 spiro atoms. The van der Waals surface area contributed by atoms with Gasteiger partial charge in [-0.25, -0.2) is 4.39 Å². The largest absolute Gasteiger partial charge is 0.464 e. The molecule has 5 heteroatoms. The van der Waals surface area contributed by atoms with Crippen molar-refractivity contribution in [2.75, 3.05) is 6.61 Å². The number of esters is 1. The molecule has 0 saturated heterocycles. The normalized spacial score (nSPS) is 19.7. The van der Waals surface area contributed by atoms with Crippen molar-refractivity contribution < 1.29 is 13.9 Å². The minimum atomic E-state index is -0.281. The fraction of sp³-hybridized carbons (Fsp3) is 0.294. The molecule has 3 rings (SSSR count). The third kappa shape index (κ3) is 3.24. The fourth-order valence-corrected chi connectivity index (χ4v) is 2.53. The van der Waals surface area contributed by atoms with E-state index in [9.17, 15) is 14.0 Å². The Morgan fingerprint density at radius 2 is 2.00 bits per heavy atom. The summed E-state index contributed by atoms with van der Waals surface area (Å²) in [6, 6.07) is 11.1. The highest BCUT2D eigenvalue weighted by Crippen LogP contribution is 2.48. The molecule has 0 aliphatic heterocycles. The van der Waals surface area contributed by atoms with Gasteiger partial charge in [-0.15, -0.1) is 0 Å². The predicted octanol–water partition coefficient (Wildman–Crippen LogP) is 2.33. The van der Waals surface area contributed by atoms with Crippen LogP contribution in [0.4, 0.5) is 4.39 Å². The first-order valence-electron chi connectivity index (χ1n) is 7.23. The molecule has 1 saturated carbocycles. The first-order chi connectivity index (χ1) is 10.6. The number of halogens is 1. The molecule has 2 unspecified atom stereocenters. The van der Waals surface area contributed by atoms with E-state index in [0.29, 0.717) is 6.54 Å². The topological polar surface area (TPSA) is 48.3 Å². The van der Waals surface area contributed by atoms with Gasteiger partial charge in [0.05, 0.1) is 12.5 Å². The lowest BCUT2D eigenvalue weighted by Crippen LogP contribution is -2.21. The maximum absolute atomic E-state index is 12.9. The molecule has 1 aromatic carbocycles. The van der Waals surface area contributed by atoms with Crippen LogP contribution in [0.25, 0.3) is 0 Å². The van der Waals surface area contributed by atoms with Crippen LogP contribution in [0.5, 0.6) is 0 Å². The monoisotopic (exact) mass is 301 g/mol. The number of ether oxygens (including phenoxy) is 1. The van der Waals surface area contributed by atoms with Crippen LogP contribution in [0, 0.1) is 11.7 Å². The Hall–Kier alpha value is -2.43. The van der Waals surface area contributed by atoms with E-state index in [1.165, 1.54) is 22.8 Å². The van der Waals surface area contributed by atoms with E-state index in [-0.39, 0.29) is 35.8 Å². The summed E-state index contributed by atoms with van der Waals surface area (Å²) in [5.41, 5.74) is 0.844. The average molecular weight is 301 g/mol. The first-order valence-corrected chi connectivity index (χ1v) is 7.23. The molecular weight excluding hydrogens is 285 g/mol. The van der Waals surface area contributed by atoms with Crippen molar-refractivity contribution in [2.24, 2.45) is 5.92 Å². The number of aromatic nitrogens is 1. The van der Waals surface area contributed by atoms with Gasteiger partial charge in [-0.05, 0) is 36.1 Å². The zero-order valence-corrected chi connectivity index (χ0v) is 11.9. The summed E-state index contributed by atoms with van der Waals surface area (Å²) in [6.07, 6.45) is 2.39. The number of pyridine rings is 1. The zero-order chi connectivity index (χ0) is 15.5. The Morgan fingerprint density at radius 3 is 2.73 bits per heavy atom. The Labute approximate surface area is 127 Å². The average Bonchev–Trinajstić information content (AvgIpc) is 3.30. The minimum Gasteiger partial charge on any atom is -0.464 e. The standard InChI is InChI=1S/C17H16FNO3/c18-13-6-4-12(5-7-13)14-11-15(14)17(21)22-10-9-19-8-2-1-3-16(19)20/h1-8,14-15H,9-11H2.